The summed E-state index contributed by atoms with van der Waals surface area (Å²) in [6, 6.07) is 0. The van der Waals surface area contributed by atoms with Gasteiger partial charge in [-0.15, -0.1) is 0 Å². The predicted octanol–water partition coefficient (Wildman–Crippen LogP) is 0.696. The van der Waals surface area contributed by atoms with Gasteiger partial charge in [0, 0.05) is 12.4 Å². The molecule has 0 saturated heterocycles. The van der Waals surface area contributed by atoms with E-state index >= 15 is 0 Å². The summed E-state index contributed by atoms with van der Waals surface area (Å²) >= 11 is 0. The Morgan fingerprint density at radius 2 is 2.50 bits per heavy atom. The van der Waals surface area contributed by atoms with Crippen molar-refractivity contribution in [1.29, 1.82) is 0 Å². The second kappa shape index (κ2) is 2.92. The predicted molar refractivity (Wildman–Crippen MR) is 39.4 cm³/mol. The molecule has 1 aromatic heterocycles. The van der Waals surface area contributed by atoms with Crippen molar-refractivity contribution in [3.8, 4) is 0 Å². The van der Waals surface area contributed by atoms with Crippen molar-refractivity contribution >= 4 is 5.97 Å². The lowest BCUT2D eigenvalue weighted by Crippen LogP contribution is -2.34. The fourth-order valence-corrected chi connectivity index (χ4v) is 0.791. The Morgan fingerprint density at radius 1 is 1.83 bits per heavy atom. The second-order valence-corrected chi connectivity index (χ2v) is 2.74. The van der Waals surface area contributed by atoms with E-state index in [1.807, 2.05) is 0 Å². The van der Waals surface area contributed by atoms with Gasteiger partial charge in [-0.1, -0.05) is 0 Å². The van der Waals surface area contributed by atoms with E-state index in [9.17, 15) is 9.18 Å². The van der Waals surface area contributed by atoms with Gasteiger partial charge in [0.05, 0.1) is 12.9 Å². The standard InChI is InChI=1S/C7H9FN2O2/c1-7(8,6(11)12)4-10-3-2-9-5-10/h2-3,5H,4H2,1H3,(H,11,12). The third-order valence-corrected chi connectivity index (χ3v) is 1.48. The Labute approximate surface area is 68.7 Å². The summed E-state index contributed by atoms with van der Waals surface area (Å²) in [7, 11) is 0. The molecule has 4 nitrogen and oxygen atoms in total. The molecule has 12 heavy (non-hydrogen) atoms. The van der Waals surface area contributed by atoms with E-state index in [4.69, 9.17) is 5.11 Å². The molecule has 0 aliphatic carbocycles. The van der Waals surface area contributed by atoms with Crippen molar-refractivity contribution in [2.75, 3.05) is 0 Å². The maximum atomic E-state index is 13.1. The van der Waals surface area contributed by atoms with Crippen LogP contribution in [0, 0.1) is 0 Å². The smallest absolute Gasteiger partial charge is 0.343 e. The van der Waals surface area contributed by atoms with Gasteiger partial charge in [0.25, 0.3) is 0 Å². The van der Waals surface area contributed by atoms with Gasteiger partial charge in [0.1, 0.15) is 0 Å². The highest BCUT2D eigenvalue weighted by Crippen LogP contribution is 2.12. The lowest BCUT2D eigenvalue weighted by atomic mass is 10.1. The lowest BCUT2D eigenvalue weighted by Gasteiger charge is -2.14. The Kier molecular flexibility index (Phi) is 2.12. The first-order chi connectivity index (χ1) is 5.52. The largest absolute Gasteiger partial charge is 0.479 e. The molecule has 1 aromatic rings. The van der Waals surface area contributed by atoms with Gasteiger partial charge < -0.3 is 9.67 Å². The van der Waals surface area contributed by atoms with Crippen molar-refractivity contribution in [3.05, 3.63) is 18.7 Å². The molecule has 0 fully saturated rings. The number of imidazole rings is 1. The van der Waals surface area contributed by atoms with Crippen molar-refractivity contribution < 1.29 is 14.3 Å². The number of carboxylic acid groups (broad SMARTS) is 1. The topological polar surface area (TPSA) is 55.1 Å². The van der Waals surface area contributed by atoms with E-state index in [1.165, 1.54) is 23.3 Å². The van der Waals surface area contributed by atoms with Crippen molar-refractivity contribution in [2.24, 2.45) is 0 Å². The molecule has 1 unspecified atom stereocenters. The number of carboxylic acids is 1. The van der Waals surface area contributed by atoms with Crippen LogP contribution in [0.2, 0.25) is 0 Å². The van der Waals surface area contributed by atoms with Crippen LogP contribution in [0.15, 0.2) is 18.7 Å². The lowest BCUT2D eigenvalue weighted by molar-refractivity contribution is -0.150. The molecule has 0 bridgehead atoms. The Hall–Kier alpha value is -1.39. The van der Waals surface area contributed by atoms with Crippen LogP contribution in [0.4, 0.5) is 4.39 Å². The number of hydrogen-bond donors (Lipinski definition) is 1. The van der Waals surface area contributed by atoms with Crippen LogP contribution in [0.25, 0.3) is 0 Å². The van der Waals surface area contributed by atoms with E-state index in [0.717, 1.165) is 6.92 Å². The summed E-state index contributed by atoms with van der Waals surface area (Å²) in [5, 5.41) is 8.43. The highest BCUT2D eigenvalue weighted by atomic mass is 19.1. The molecule has 66 valence electrons. The van der Waals surface area contributed by atoms with Gasteiger partial charge >= 0.3 is 5.97 Å². The van der Waals surface area contributed by atoms with Crippen LogP contribution >= 0.6 is 0 Å². The maximum absolute atomic E-state index is 13.1. The number of alkyl halides is 1. The first-order valence-corrected chi connectivity index (χ1v) is 3.40. The average molecular weight is 172 g/mol. The van der Waals surface area contributed by atoms with Gasteiger partial charge in [-0.3, -0.25) is 0 Å². The summed E-state index contributed by atoms with van der Waals surface area (Å²) in [5.41, 5.74) is -2.24. The van der Waals surface area contributed by atoms with Crippen LogP contribution in [0.3, 0.4) is 0 Å². The van der Waals surface area contributed by atoms with Crippen LogP contribution in [-0.2, 0) is 11.3 Å². The number of nitrogens with zero attached hydrogens (tertiary/aromatic N) is 2. The van der Waals surface area contributed by atoms with Gasteiger partial charge in [-0.05, 0) is 6.92 Å². The summed E-state index contributed by atoms with van der Waals surface area (Å²) < 4.78 is 14.5. The molecule has 5 heteroatoms. The van der Waals surface area contributed by atoms with Crippen LogP contribution in [0.5, 0.6) is 0 Å². The normalized spacial score (nSPS) is 15.5. The zero-order valence-electron chi connectivity index (χ0n) is 6.57. The van der Waals surface area contributed by atoms with E-state index in [2.05, 4.69) is 4.98 Å². The number of carbonyl (C=O) groups is 1. The summed E-state index contributed by atoms with van der Waals surface area (Å²) in [6.45, 7) is 0.803. The van der Waals surface area contributed by atoms with Crippen LogP contribution < -0.4 is 0 Å². The maximum Gasteiger partial charge on any atom is 0.343 e. The van der Waals surface area contributed by atoms with Gasteiger partial charge in [0.15, 0.2) is 0 Å². The van der Waals surface area contributed by atoms with E-state index < -0.39 is 11.6 Å². The zero-order chi connectivity index (χ0) is 9.19. The summed E-state index contributed by atoms with van der Waals surface area (Å²) in [4.78, 5) is 14.0. The number of halogens is 1. The van der Waals surface area contributed by atoms with Crippen molar-refractivity contribution in [2.45, 2.75) is 19.1 Å². The minimum atomic E-state index is -2.24. The first-order valence-electron chi connectivity index (χ1n) is 3.40. The number of rotatable bonds is 3. The van der Waals surface area contributed by atoms with Gasteiger partial charge in [-0.25, -0.2) is 14.2 Å². The first kappa shape index (κ1) is 8.70. The molecule has 1 heterocycles. The van der Waals surface area contributed by atoms with Crippen molar-refractivity contribution in [3.63, 3.8) is 0 Å². The quantitative estimate of drug-likeness (QED) is 0.730. The van der Waals surface area contributed by atoms with E-state index in [1.54, 1.807) is 0 Å². The monoisotopic (exact) mass is 172 g/mol. The molecular weight excluding hydrogens is 163 g/mol. The number of hydrogen-bond acceptors (Lipinski definition) is 2. The van der Waals surface area contributed by atoms with E-state index in [0.29, 0.717) is 0 Å². The fourth-order valence-electron chi connectivity index (χ4n) is 0.791. The zero-order valence-corrected chi connectivity index (χ0v) is 6.57. The van der Waals surface area contributed by atoms with Crippen molar-refractivity contribution in [1.82, 2.24) is 9.55 Å². The Bertz CT molecular complexity index is 269. The molecule has 0 aliphatic rings. The molecule has 0 saturated carbocycles. The second-order valence-electron chi connectivity index (χ2n) is 2.74. The molecule has 1 rings (SSSR count). The Morgan fingerprint density at radius 3 is 2.92 bits per heavy atom. The third-order valence-electron chi connectivity index (χ3n) is 1.48. The minimum Gasteiger partial charge on any atom is -0.479 e. The average Bonchev–Trinajstić information content (AvgIpc) is 2.38. The molecule has 1 N–H and O–H groups in total. The third kappa shape index (κ3) is 1.81. The molecule has 0 aliphatic heterocycles. The van der Waals surface area contributed by atoms with E-state index in [-0.39, 0.29) is 6.54 Å². The molecular formula is C7H9FN2O2. The molecule has 0 radical (unpaired) electrons. The molecule has 0 amide bonds. The molecule has 1 atom stereocenters. The number of aliphatic carboxylic acids is 1. The Balaban J connectivity index is 2.69. The summed E-state index contributed by atoms with van der Waals surface area (Å²) in [6.07, 6.45) is 4.36. The minimum absolute atomic E-state index is 0.220. The van der Waals surface area contributed by atoms with Gasteiger partial charge in [-0.2, -0.15) is 0 Å². The van der Waals surface area contributed by atoms with Crippen LogP contribution in [0.1, 0.15) is 6.92 Å². The number of aromatic nitrogens is 2. The highest BCUT2D eigenvalue weighted by molar-refractivity contribution is 5.76. The molecule has 0 aromatic carbocycles. The SMILES string of the molecule is CC(F)(Cn1ccnc1)C(=O)O. The molecule has 0 spiro atoms. The van der Waals surface area contributed by atoms with Gasteiger partial charge in [0.2, 0.25) is 5.67 Å². The highest BCUT2D eigenvalue weighted by Gasteiger charge is 2.32. The van der Waals surface area contributed by atoms with Crippen LogP contribution in [-0.4, -0.2) is 26.3 Å². The fraction of sp³-hybridized carbons (Fsp3) is 0.429. The summed E-state index contributed by atoms with van der Waals surface area (Å²) in [5.74, 6) is -1.46.